The van der Waals surface area contributed by atoms with Gasteiger partial charge in [0.2, 0.25) is 0 Å². The summed E-state index contributed by atoms with van der Waals surface area (Å²) in [5, 5.41) is 11.1. The number of aryl methyl sites for hydroxylation is 2. The predicted molar refractivity (Wildman–Crippen MR) is 108 cm³/mol. The van der Waals surface area contributed by atoms with Gasteiger partial charge in [-0.25, -0.2) is 9.78 Å². The summed E-state index contributed by atoms with van der Waals surface area (Å²) in [7, 11) is 1.76. The van der Waals surface area contributed by atoms with Crippen LogP contribution >= 0.6 is 0 Å². The molecule has 1 N–H and O–H groups in total. The van der Waals surface area contributed by atoms with Crippen molar-refractivity contribution >= 4 is 27.9 Å². The molecule has 4 rings (SSSR count). The number of fused-ring (bicyclic) bond motifs is 2. The summed E-state index contributed by atoms with van der Waals surface area (Å²) in [5.41, 5.74) is 11.8. The average Bonchev–Trinajstić information content (AvgIpc) is 3.17. The third kappa shape index (κ3) is 2.93. The van der Waals surface area contributed by atoms with Crippen LogP contribution in [0.25, 0.3) is 32.5 Å². The van der Waals surface area contributed by atoms with Crippen LogP contribution in [0.3, 0.4) is 0 Å². The van der Waals surface area contributed by atoms with E-state index >= 15 is 0 Å². The van der Waals surface area contributed by atoms with Crippen molar-refractivity contribution in [2.24, 2.45) is 12.2 Å². The minimum absolute atomic E-state index is 0.0337. The fourth-order valence-electron chi connectivity index (χ4n) is 3.47. The van der Waals surface area contributed by atoms with Crippen LogP contribution < -0.4 is 5.69 Å². The number of aromatic nitrogens is 4. The van der Waals surface area contributed by atoms with Gasteiger partial charge in [0, 0.05) is 24.9 Å². The van der Waals surface area contributed by atoms with Gasteiger partial charge in [-0.15, -0.1) is 0 Å². The smallest absolute Gasteiger partial charge is 0.326 e. The van der Waals surface area contributed by atoms with E-state index in [0.717, 1.165) is 22.1 Å². The highest BCUT2D eigenvalue weighted by atomic mass is 16.1. The first-order valence-corrected chi connectivity index (χ1v) is 8.81. The first-order chi connectivity index (χ1) is 13.6. The van der Waals surface area contributed by atoms with Crippen LogP contribution in [0.2, 0.25) is 0 Å². The van der Waals surface area contributed by atoms with Gasteiger partial charge in [-0.3, -0.25) is 9.13 Å². The number of hydrogen-bond acceptors (Lipinski definition) is 3. The second kappa shape index (κ2) is 7.05. The third-order valence-corrected chi connectivity index (χ3v) is 4.82. The monoisotopic (exact) mass is 374 g/mol. The molecule has 28 heavy (non-hydrogen) atoms. The number of nitrogens with zero attached hydrogens (tertiary/aromatic N) is 7. The van der Waals surface area contributed by atoms with Gasteiger partial charge in [0.25, 0.3) is 0 Å². The van der Waals surface area contributed by atoms with Gasteiger partial charge in [-0.1, -0.05) is 24.3 Å². The van der Waals surface area contributed by atoms with Gasteiger partial charge in [0.15, 0.2) is 0 Å². The van der Waals surface area contributed by atoms with Crippen molar-refractivity contribution in [3.8, 4) is 0 Å². The standard InChI is InChI=1S/C19H18N8O/c1-25-15-8-4-5-9-16(15)27(19(25)28)12-18-22-13-6-2-3-7-14(13)26(18)11-10-17(20)23-24-21/h2-9,20H,10-12H2,1H3. The fourth-order valence-corrected chi connectivity index (χ4v) is 3.47. The van der Waals surface area contributed by atoms with E-state index < -0.39 is 0 Å². The molecule has 0 fully saturated rings. The second-order valence-electron chi connectivity index (χ2n) is 6.47. The lowest BCUT2D eigenvalue weighted by atomic mass is 10.3. The minimum Gasteiger partial charge on any atom is -0.326 e. The maximum absolute atomic E-state index is 12.8. The molecule has 4 aromatic rings. The molecular formula is C19H18N8O. The van der Waals surface area contributed by atoms with Crippen molar-refractivity contribution in [2.75, 3.05) is 0 Å². The van der Waals surface area contributed by atoms with E-state index in [1.165, 1.54) is 0 Å². The highest BCUT2D eigenvalue weighted by molar-refractivity contribution is 5.80. The van der Waals surface area contributed by atoms with Gasteiger partial charge < -0.3 is 9.98 Å². The fraction of sp³-hybridized carbons (Fsp3) is 0.211. The van der Waals surface area contributed by atoms with Crippen LogP contribution in [0.5, 0.6) is 0 Å². The summed E-state index contributed by atoms with van der Waals surface area (Å²) in [6.07, 6.45) is 0.280. The zero-order valence-electron chi connectivity index (χ0n) is 15.3. The van der Waals surface area contributed by atoms with E-state index in [1.807, 2.05) is 53.1 Å². The van der Waals surface area contributed by atoms with Gasteiger partial charge in [0.1, 0.15) is 5.82 Å². The van der Waals surface area contributed by atoms with E-state index in [1.54, 1.807) is 16.2 Å². The van der Waals surface area contributed by atoms with Gasteiger partial charge in [0.05, 0.1) is 34.4 Å². The summed E-state index contributed by atoms with van der Waals surface area (Å²) in [4.78, 5) is 20.1. The Balaban J connectivity index is 1.80. The molecule has 0 amide bonds. The molecule has 0 spiro atoms. The van der Waals surface area contributed by atoms with Gasteiger partial charge in [-0.05, 0) is 34.9 Å². The highest BCUT2D eigenvalue weighted by Crippen LogP contribution is 2.19. The zero-order chi connectivity index (χ0) is 19.7. The molecular weight excluding hydrogens is 356 g/mol. The molecule has 0 aliphatic heterocycles. The zero-order valence-corrected chi connectivity index (χ0v) is 15.3. The SMILES string of the molecule is Cn1c(=O)n(Cc2nc3ccccc3n2CCC(=N)N=[N+]=[N-])c2ccccc21. The van der Waals surface area contributed by atoms with Crippen LogP contribution in [0.4, 0.5) is 0 Å². The maximum atomic E-state index is 12.8. The molecule has 2 heterocycles. The summed E-state index contributed by atoms with van der Waals surface area (Å²) >= 11 is 0. The summed E-state index contributed by atoms with van der Waals surface area (Å²) < 4.78 is 5.30. The number of para-hydroxylation sites is 4. The molecule has 9 heteroatoms. The van der Waals surface area contributed by atoms with E-state index in [-0.39, 0.29) is 17.9 Å². The van der Waals surface area contributed by atoms with Crippen molar-refractivity contribution in [1.82, 2.24) is 18.7 Å². The molecule has 0 radical (unpaired) electrons. The average molecular weight is 374 g/mol. The lowest BCUT2D eigenvalue weighted by molar-refractivity contribution is 0.635. The number of hydrogen-bond donors (Lipinski definition) is 1. The Morgan fingerprint density at radius 2 is 1.79 bits per heavy atom. The molecule has 0 bridgehead atoms. The lowest BCUT2D eigenvalue weighted by Crippen LogP contribution is -2.24. The highest BCUT2D eigenvalue weighted by Gasteiger charge is 2.16. The first-order valence-electron chi connectivity index (χ1n) is 8.81. The number of benzene rings is 2. The van der Waals surface area contributed by atoms with E-state index in [4.69, 9.17) is 15.9 Å². The van der Waals surface area contributed by atoms with Gasteiger partial charge >= 0.3 is 5.69 Å². The van der Waals surface area contributed by atoms with E-state index in [0.29, 0.717) is 18.9 Å². The quantitative estimate of drug-likeness (QED) is 0.189. The molecule has 140 valence electrons. The van der Waals surface area contributed by atoms with Crippen LogP contribution in [-0.2, 0) is 20.1 Å². The molecule has 2 aromatic carbocycles. The Morgan fingerprint density at radius 1 is 1.11 bits per heavy atom. The van der Waals surface area contributed by atoms with Crippen LogP contribution in [0.15, 0.2) is 58.4 Å². The number of amidine groups is 1. The Morgan fingerprint density at radius 3 is 2.54 bits per heavy atom. The van der Waals surface area contributed by atoms with Crippen molar-refractivity contribution in [1.29, 1.82) is 5.41 Å². The molecule has 0 saturated carbocycles. The maximum Gasteiger partial charge on any atom is 0.329 e. The van der Waals surface area contributed by atoms with Crippen molar-refractivity contribution in [3.05, 3.63) is 75.3 Å². The Hall–Kier alpha value is -3.84. The molecule has 0 aliphatic carbocycles. The third-order valence-electron chi connectivity index (χ3n) is 4.82. The summed E-state index contributed by atoms with van der Waals surface area (Å²) in [5.74, 6) is 0.682. The van der Waals surface area contributed by atoms with Crippen molar-refractivity contribution in [2.45, 2.75) is 19.5 Å². The number of imidazole rings is 2. The van der Waals surface area contributed by atoms with Crippen LogP contribution in [0, 0.1) is 5.41 Å². The van der Waals surface area contributed by atoms with Crippen molar-refractivity contribution < 1.29 is 0 Å². The molecule has 0 saturated heterocycles. The molecule has 0 atom stereocenters. The lowest BCUT2D eigenvalue weighted by Gasteiger charge is -2.09. The van der Waals surface area contributed by atoms with Gasteiger partial charge in [-0.2, -0.15) is 0 Å². The number of nitrogens with one attached hydrogen (secondary N) is 1. The predicted octanol–water partition coefficient (Wildman–Crippen LogP) is 3.42. The number of azide groups is 1. The summed E-state index contributed by atoms with van der Waals surface area (Å²) in [6, 6.07) is 15.3. The molecule has 0 aliphatic rings. The Labute approximate surface area is 159 Å². The molecule has 0 unspecified atom stereocenters. The van der Waals surface area contributed by atoms with Crippen LogP contribution in [-0.4, -0.2) is 24.5 Å². The largest absolute Gasteiger partial charge is 0.329 e. The minimum atomic E-state index is -0.110. The Kier molecular flexibility index (Phi) is 4.42. The topological polar surface area (TPSA) is 117 Å². The normalized spacial score (nSPS) is 11.0. The summed E-state index contributed by atoms with van der Waals surface area (Å²) in [6.45, 7) is 0.747. The molecule has 2 aromatic heterocycles. The van der Waals surface area contributed by atoms with Crippen LogP contribution in [0.1, 0.15) is 12.2 Å². The number of rotatable bonds is 5. The first kappa shape index (κ1) is 17.6. The van der Waals surface area contributed by atoms with E-state index in [2.05, 4.69) is 10.0 Å². The van der Waals surface area contributed by atoms with Crippen molar-refractivity contribution in [3.63, 3.8) is 0 Å². The second-order valence-corrected chi connectivity index (χ2v) is 6.47. The molecule has 9 nitrogen and oxygen atoms in total. The van der Waals surface area contributed by atoms with E-state index in [9.17, 15) is 4.79 Å². The Bertz CT molecular complexity index is 1300.